The van der Waals surface area contributed by atoms with Crippen molar-refractivity contribution < 1.29 is 19.4 Å². The SMILES string of the molecule is CSN(C)c1nc(-c2ccc(F)cc2)c(/C=C/[C@@H](C)C[C@@H](O)CC(=O)O)c(C(C)C)n1. The topological polar surface area (TPSA) is 86.5 Å². The Morgan fingerprint density at radius 2 is 1.87 bits per heavy atom. The smallest absolute Gasteiger partial charge is 0.305 e. The number of rotatable bonds is 10. The van der Waals surface area contributed by atoms with Crippen molar-refractivity contribution in [1.82, 2.24) is 9.97 Å². The molecule has 0 amide bonds. The summed E-state index contributed by atoms with van der Waals surface area (Å²) in [5.41, 5.74) is 3.17. The van der Waals surface area contributed by atoms with Gasteiger partial charge in [-0.05, 0) is 42.5 Å². The number of aliphatic carboxylic acids is 1. The number of hydrogen-bond acceptors (Lipinski definition) is 6. The molecule has 8 heteroatoms. The first kappa shape index (κ1) is 24.8. The molecule has 2 aromatic rings. The molecule has 0 aliphatic carbocycles. The van der Waals surface area contributed by atoms with E-state index in [1.165, 1.54) is 24.1 Å². The maximum absolute atomic E-state index is 13.5. The Morgan fingerprint density at radius 1 is 1.23 bits per heavy atom. The fraction of sp³-hybridized carbons (Fsp3) is 0.435. The molecule has 0 fully saturated rings. The van der Waals surface area contributed by atoms with E-state index in [0.717, 1.165) is 16.8 Å². The number of carbonyl (C=O) groups is 1. The van der Waals surface area contributed by atoms with Crippen molar-refractivity contribution in [2.75, 3.05) is 17.6 Å². The number of hydrogen-bond donors (Lipinski definition) is 2. The van der Waals surface area contributed by atoms with Gasteiger partial charge in [-0.25, -0.2) is 14.4 Å². The highest BCUT2D eigenvalue weighted by Crippen LogP contribution is 2.32. The summed E-state index contributed by atoms with van der Waals surface area (Å²) in [6.07, 6.45) is 4.94. The number of halogens is 1. The Kier molecular flexibility index (Phi) is 9.00. The Hall–Kier alpha value is -2.45. The number of carboxylic acids is 1. The Balaban J connectivity index is 2.52. The Labute approximate surface area is 187 Å². The number of aliphatic hydroxyl groups is 1. The van der Waals surface area contributed by atoms with Gasteiger partial charge in [0.05, 0.1) is 23.9 Å². The molecule has 1 aromatic heterocycles. The Bertz CT molecular complexity index is 919. The summed E-state index contributed by atoms with van der Waals surface area (Å²) in [6, 6.07) is 6.20. The maximum atomic E-state index is 13.5. The number of carboxylic acid groups (broad SMARTS) is 1. The van der Waals surface area contributed by atoms with Crippen LogP contribution < -0.4 is 4.31 Å². The van der Waals surface area contributed by atoms with E-state index in [-0.39, 0.29) is 24.1 Å². The number of benzene rings is 1. The molecule has 1 aromatic carbocycles. The van der Waals surface area contributed by atoms with Crippen LogP contribution >= 0.6 is 11.9 Å². The van der Waals surface area contributed by atoms with Crippen molar-refractivity contribution >= 4 is 29.9 Å². The van der Waals surface area contributed by atoms with E-state index in [9.17, 15) is 14.3 Å². The second kappa shape index (κ2) is 11.2. The molecule has 0 saturated heterocycles. The predicted octanol–water partition coefficient (Wildman–Crippen LogP) is 5.00. The van der Waals surface area contributed by atoms with Crippen LogP contribution in [0.4, 0.5) is 10.3 Å². The average molecular weight is 448 g/mol. The van der Waals surface area contributed by atoms with Crippen molar-refractivity contribution in [1.29, 1.82) is 0 Å². The predicted molar refractivity (Wildman–Crippen MR) is 125 cm³/mol. The highest BCUT2D eigenvalue weighted by Gasteiger charge is 2.19. The lowest BCUT2D eigenvalue weighted by molar-refractivity contribution is -0.139. The summed E-state index contributed by atoms with van der Waals surface area (Å²) in [5, 5.41) is 18.8. The van der Waals surface area contributed by atoms with E-state index in [1.807, 2.05) is 36.7 Å². The van der Waals surface area contributed by atoms with Crippen LogP contribution in [0.2, 0.25) is 0 Å². The van der Waals surface area contributed by atoms with Gasteiger partial charge in [-0.15, -0.1) is 0 Å². The minimum Gasteiger partial charge on any atom is -0.481 e. The van der Waals surface area contributed by atoms with E-state index in [0.29, 0.717) is 18.1 Å². The third-order valence-corrected chi connectivity index (χ3v) is 5.54. The summed E-state index contributed by atoms with van der Waals surface area (Å²) < 4.78 is 15.4. The van der Waals surface area contributed by atoms with Crippen LogP contribution in [0.1, 0.15) is 50.8 Å². The molecular formula is C23H30FN3O3S. The molecule has 2 rings (SSSR count). The van der Waals surface area contributed by atoms with E-state index in [2.05, 4.69) is 13.8 Å². The van der Waals surface area contributed by atoms with Gasteiger partial charge in [0.25, 0.3) is 0 Å². The maximum Gasteiger partial charge on any atom is 0.305 e. The van der Waals surface area contributed by atoms with Crippen LogP contribution in [0.15, 0.2) is 30.3 Å². The first-order chi connectivity index (χ1) is 14.6. The molecular weight excluding hydrogens is 417 g/mol. The third-order valence-electron chi connectivity index (χ3n) is 4.83. The van der Waals surface area contributed by atoms with E-state index < -0.39 is 12.1 Å². The van der Waals surface area contributed by atoms with Gasteiger partial charge >= 0.3 is 5.97 Å². The lowest BCUT2D eigenvalue weighted by atomic mass is 9.95. The van der Waals surface area contributed by atoms with Crippen LogP contribution in [0.3, 0.4) is 0 Å². The highest BCUT2D eigenvalue weighted by atomic mass is 32.2. The molecule has 0 unspecified atom stereocenters. The normalized spacial score (nSPS) is 13.5. The van der Waals surface area contributed by atoms with Gasteiger partial charge in [0.2, 0.25) is 5.95 Å². The average Bonchev–Trinajstić information content (AvgIpc) is 2.70. The van der Waals surface area contributed by atoms with Gasteiger partial charge in [-0.3, -0.25) is 9.10 Å². The first-order valence-electron chi connectivity index (χ1n) is 10.2. The van der Waals surface area contributed by atoms with Crippen LogP contribution in [0.25, 0.3) is 17.3 Å². The molecule has 1 heterocycles. The number of allylic oxidation sites excluding steroid dienone is 1. The quantitative estimate of drug-likeness (QED) is 0.496. The van der Waals surface area contributed by atoms with Gasteiger partial charge in [-0.1, -0.05) is 44.9 Å². The number of aromatic nitrogens is 2. The zero-order valence-electron chi connectivity index (χ0n) is 18.5. The standard InChI is InChI=1S/C23H30FN3O3S/c1-14(2)21-19(11-6-15(3)12-18(28)13-20(29)30)22(16-7-9-17(24)10-8-16)26-23(25-21)27(4)31-5/h6-11,14-15,18,28H,12-13H2,1-5H3,(H,29,30)/b11-6+/t15-,18-/m1/s1. The molecule has 31 heavy (non-hydrogen) atoms. The third kappa shape index (κ3) is 7.04. The molecule has 2 N–H and O–H groups in total. The molecule has 0 saturated carbocycles. The van der Waals surface area contributed by atoms with Crippen LogP contribution in [0, 0.1) is 11.7 Å². The van der Waals surface area contributed by atoms with Crippen LogP contribution in [0.5, 0.6) is 0 Å². The minimum absolute atomic E-state index is 0.0519. The zero-order valence-corrected chi connectivity index (χ0v) is 19.4. The molecule has 0 spiro atoms. The number of nitrogens with zero attached hydrogens (tertiary/aromatic N) is 3. The summed E-state index contributed by atoms with van der Waals surface area (Å²) in [5.74, 6) is -0.710. The van der Waals surface area contributed by atoms with Gasteiger partial charge in [-0.2, -0.15) is 0 Å². The fourth-order valence-electron chi connectivity index (χ4n) is 3.18. The molecule has 6 nitrogen and oxygen atoms in total. The summed E-state index contributed by atoms with van der Waals surface area (Å²) >= 11 is 1.49. The molecule has 168 valence electrons. The number of aliphatic hydroxyl groups excluding tert-OH is 1. The van der Waals surface area contributed by atoms with E-state index >= 15 is 0 Å². The lowest BCUT2D eigenvalue weighted by Gasteiger charge is -2.20. The summed E-state index contributed by atoms with van der Waals surface area (Å²) in [6.45, 7) is 6.03. The molecule has 0 aliphatic heterocycles. The van der Waals surface area contributed by atoms with Crippen LogP contribution in [-0.2, 0) is 4.79 Å². The number of anilines is 1. The fourth-order valence-corrected chi connectivity index (χ4v) is 3.43. The second-order valence-electron chi connectivity index (χ2n) is 7.84. The summed E-state index contributed by atoms with van der Waals surface area (Å²) in [7, 11) is 1.89. The minimum atomic E-state index is -1.02. The largest absolute Gasteiger partial charge is 0.481 e. The molecule has 2 atom stereocenters. The first-order valence-corrected chi connectivity index (χ1v) is 11.3. The van der Waals surface area contributed by atoms with Gasteiger partial charge in [0, 0.05) is 24.4 Å². The molecule has 0 bridgehead atoms. The van der Waals surface area contributed by atoms with Crippen molar-refractivity contribution in [3.05, 3.63) is 47.4 Å². The van der Waals surface area contributed by atoms with Crippen molar-refractivity contribution in [2.45, 2.75) is 45.6 Å². The van der Waals surface area contributed by atoms with Crippen molar-refractivity contribution in [3.63, 3.8) is 0 Å². The van der Waals surface area contributed by atoms with Gasteiger partial charge in [0.1, 0.15) is 5.82 Å². The van der Waals surface area contributed by atoms with E-state index in [4.69, 9.17) is 15.1 Å². The zero-order chi connectivity index (χ0) is 23.1. The lowest BCUT2D eigenvalue weighted by Crippen LogP contribution is -2.15. The second-order valence-corrected chi connectivity index (χ2v) is 8.75. The Morgan fingerprint density at radius 3 is 2.42 bits per heavy atom. The summed E-state index contributed by atoms with van der Waals surface area (Å²) in [4.78, 5) is 20.3. The van der Waals surface area contributed by atoms with Crippen molar-refractivity contribution in [3.8, 4) is 11.3 Å². The van der Waals surface area contributed by atoms with E-state index in [1.54, 1.807) is 12.1 Å². The van der Waals surface area contributed by atoms with Crippen molar-refractivity contribution in [2.24, 2.45) is 5.92 Å². The van der Waals surface area contributed by atoms with Gasteiger partial charge in [0.15, 0.2) is 0 Å². The van der Waals surface area contributed by atoms with Crippen LogP contribution in [-0.4, -0.2) is 45.6 Å². The monoisotopic (exact) mass is 447 g/mol. The molecule has 0 radical (unpaired) electrons. The molecule has 0 aliphatic rings. The highest BCUT2D eigenvalue weighted by molar-refractivity contribution is 7.99. The van der Waals surface area contributed by atoms with Gasteiger partial charge < -0.3 is 10.2 Å².